The molecule has 1 N–H and O–H groups in total. The van der Waals surface area contributed by atoms with Gasteiger partial charge in [-0.3, -0.25) is 4.79 Å². The van der Waals surface area contributed by atoms with Crippen LogP contribution in [0.2, 0.25) is 5.02 Å². The maximum Gasteiger partial charge on any atom is 0.272 e. The van der Waals surface area contributed by atoms with Crippen molar-refractivity contribution < 1.29 is 4.79 Å². The van der Waals surface area contributed by atoms with Gasteiger partial charge >= 0.3 is 0 Å². The van der Waals surface area contributed by atoms with Gasteiger partial charge in [-0.2, -0.15) is 5.10 Å². The average molecular weight is 296 g/mol. The summed E-state index contributed by atoms with van der Waals surface area (Å²) in [5.41, 5.74) is 6.01. The van der Waals surface area contributed by atoms with Crippen LogP contribution in [-0.2, 0) is 0 Å². The number of carbonyl (C=O) groups is 1. The van der Waals surface area contributed by atoms with Crippen molar-refractivity contribution in [1.82, 2.24) is 9.99 Å². The van der Waals surface area contributed by atoms with Crippen molar-refractivity contribution >= 4 is 34.6 Å². The molecule has 4 rings (SSSR count). The molecule has 2 aromatic carbocycles. The van der Waals surface area contributed by atoms with E-state index in [4.69, 9.17) is 11.6 Å². The van der Waals surface area contributed by atoms with Gasteiger partial charge in [0.1, 0.15) is 0 Å². The molecule has 0 spiro atoms. The van der Waals surface area contributed by atoms with E-state index in [0.29, 0.717) is 10.6 Å². The summed E-state index contributed by atoms with van der Waals surface area (Å²) in [4.78, 5) is 12.0. The summed E-state index contributed by atoms with van der Waals surface area (Å²) in [6, 6.07) is 13.3. The summed E-state index contributed by atoms with van der Waals surface area (Å²) < 4.78 is 2.04. The first-order valence-electron chi connectivity index (χ1n) is 6.47. The van der Waals surface area contributed by atoms with Crippen LogP contribution in [0.25, 0.3) is 16.6 Å². The monoisotopic (exact) mass is 295 g/mol. The molecule has 1 aromatic heterocycles. The predicted molar refractivity (Wildman–Crippen MR) is 83.3 cm³/mol. The second kappa shape index (κ2) is 4.46. The highest BCUT2D eigenvalue weighted by Gasteiger charge is 2.18. The Hall–Kier alpha value is -2.59. The van der Waals surface area contributed by atoms with Gasteiger partial charge in [-0.25, -0.2) is 5.43 Å². The van der Waals surface area contributed by atoms with E-state index in [2.05, 4.69) is 10.5 Å². The topological polar surface area (TPSA) is 46.4 Å². The second-order valence-corrected chi connectivity index (χ2v) is 5.27. The van der Waals surface area contributed by atoms with E-state index in [1.54, 1.807) is 6.21 Å². The summed E-state index contributed by atoms with van der Waals surface area (Å²) in [5.74, 6) is -0.190. The van der Waals surface area contributed by atoms with Gasteiger partial charge in [0, 0.05) is 27.9 Å². The second-order valence-electron chi connectivity index (χ2n) is 4.83. The SMILES string of the molecule is O=C1NN=Cc2cn(-c3ccc(Cl)cc3)c3cccc1c23. The van der Waals surface area contributed by atoms with Crippen LogP contribution in [-0.4, -0.2) is 16.7 Å². The lowest BCUT2D eigenvalue weighted by atomic mass is 10.1. The summed E-state index contributed by atoms with van der Waals surface area (Å²) in [6.07, 6.45) is 3.64. The van der Waals surface area contributed by atoms with Gasteiger partial charge in [0.2, 0.25) is 0 Å². The predicted octanol–water partition coefficient (Wildman–Crippen LogP) is 3.36. The minimum absolute atomic E-state index is 0.190. The number of nitrogens with zero attached hydrogens (tertiary/aromatic N) is 2. The molecule has 1 aliphatic rings. The van der Waals surface area contributed by atoms with Gasteiger partial charge in [-0.15, -0.1) is 0 Å². The number of rotatable bonds is 1. The molecule has 21 heavy (non-hydrogen) atoms. The summed E-state index contributed by atoms with van der Waals surface area (Å²) in [6.45, 7) is 0. The van der Waals surface area contributed by atoms with E-state index in [9.17, 15) is 4.79 Å². The zero-order valence-electron chi connectivity index (χ0n) is 10.9. The third-order valence-electron chi connectivity index (χ3n) is 3.58. The van der Waals surface area contributed by atoms with Crippen LogP contribution < -0.4 is 5.43 Å². The van der Waals surface area contributed by atoms with E-state index in [-0.39, 0.29) is 5.91 Å². The number of hydrogen-bond acceptors (Lipinski definition) is 2. The molecule has 4 nitrogen and oxygen atoms in total. The van der Waals surface area contributed by atoms with Crippen LogP contribution in [0.5, 0.6) is 0 Å². The van der Waals surface area contributed by atoms with Gasteiger partial charge in [-0.1, -0.05) is 17.7 Å². The third-order valence-corrected chi connectivity index (χ3v) is 3.83. The molecule has 1 aliphatic heterocycles. The smallest absolute Gasteiger partial charge is 0.272 e. The van der Waals surface area contributed by atoms with Crippen molar-refractivity contribution in [2.75, 3.05) is 0 Å². The molecule has 2 heterocycles. The Morgan fingerprint density at radius 2 is 1.90 bits per heavy atom. The first kappa shape index (κ1) is 12.2. The molecule has 0 bridgehead atoms. The molecule has 0 saturated heterocycles. The largest absolute Gasteiger partial charge is 0.316 e. The molecular formula is C16H10ClN3O. The minimum atomic E-state index is -0.190. The van der Waals surface area contributed by atoms with Crippen molar-refractivity contribution in [2.24, 2.45) is 5.10 Å². The Balaban J connectivity index is 2.05. The zero-order valence-corrected chi connectivity index (χ0v) is 11.6. The van der Waals surface area contributed by atoms with Crippen molar-refractivity contribution in [3.63, 3.8) is 0 Å². The van der Waals surface area contributed by atoms with Crippen molar-refractivity contribution in [1.29, 1.82) is 0 Å². The maximum atomic E-state index is 12.0. The lowest BCUT2D eigenvalue weighted by Crippen LogP contribution is -2.16. The van der Waals surface area contributed by atoms with E-state index in [1.807, 2.05) is 53.2 Å². The Morgan fingerprint density at radius 1 is 1.10 bits per heavy atom. The van der Waals surface area contributed by atoms with Crippen LogP contribution in [0.3, 0.4) is 0 Å². The number of benzene rings is 2. The summed E-state index contributed by atoms with van der Waals surface area (Å²) in [5, 5.41) is 5.56. The maximum absolute atomic E-state index is 12.0. The van der Waals surface area contributed by atoms with E-state index in [0.717, 1.165) is 22.2 Å². The quantitative estimate of drug-likeness (QED) is 0.735. The van der Waals surface area contributed by atoms with E-state index in [1.165, 1.54) is 0 Å². The number of amides is 1. The standard InChI is InChI=1S/C16H10ClN3O/c17-11-4-6-12(7-5-11)20-9-10-8-18-19-16(21)13-2-1-3-14(20)15(10)13/h1-9H,(H,19,21). The fourth-order valence-corrected chi connectivity index (χ4v) is 2.77. The Bertz CT molecular complexity index is 894. The summed E-state index contributed by atoms with van der Waals surface area (Å²) >= 11 is 5.94. The molecule has 0 saturated carbocycles. The number of nitrogens with one attached hydrogen (secondary N) is 1. The van der Waals surface area contributed by atoms with Gasteiger partial charge in [0.05, 0.1) is 17.3 Å². The molecular weight excluding hydrogens is 286 g/mol. The lowest BCUT2D eigenvalue weighted by Gasteiger charge is -2.06. The number of carbonyl (C=O) groups excluding carboxylic acids is 1. The lowest BCUT2D eigenvalue weighted by molar-refractivity contribution is 0.0957. The molecule has 0 unspecified atom stereocenters. The molecule has 1 amide bonds. The van der Waals surface area contributed by atoms with Crippen molar-refractivity contribution in [3.05, 3.63) is 64.8 Å². The van der Waals surface area contributed by atoms with Gasteiger partial charge in [-0.05, 0) is 36.4 Å². The molecule has 3 aromatic rings. The van der Waals surface area contributed by atoms with Crippen LogP contribution in [0, 0.1) is 0 Å². The van der Waals surface area contributed by atoms with Crippen LogP contribution >= 0.6 is 11.6 Å². The highest BCUT2D eigenvalue weighted by Crippen LogP contribution is 2.28. The highest BCUT2D eigenvalue weighted by atomic mass is 35.5. The fraction of sp³-hybridized carbons (Fsp3) is 0. The Kier molecular flexibility index (Phi) is 2.59. The van der Waals surface area contributed by atoms with Crippen molar-refractivity contribution in [3.8, 4) is 5.69 Å². The van der Waals surface area contributed by atoms with Crippen molar-refractivity contribution in [2.45, 2.75) is 0 Å². The van der Waals surface area contributed by atoms with Crippen LogP contribution in [0.4, 0.5) is 0 Å². The minimum Gasteiger partial charge on any atom is -0.316 e. The molecule has 0 fully saturated rings. The number of hydrazone groups is 1. The van der Waals surface area contributed by atoms with E-state index < -0.39 is 0 Å². The first-order valence-corrected chi connectivity index (χ1v) is 6.85. The van der Waals surface area contributed by atoms with Gasteiger partial charge < -0.3 is 4.57 Å². The molecule has 102 valence electrons. The normalized spacial score (nSPS) is 13.3. The highest BCUT2D eigenvalue weighted by molar-refractivity contribution is 6.30. The number of halogens is 1. The zero-order chi connectivity index (χ0) is 14.4. The molecule has 0 atom stereocenters. The van der Waals surface area contributed by atoms with Gasteiger partial charge in [0.25, 0.3) is 5.91 Å². The summed E-state index contributed by atoms with van der Waals surface area (Å²) in [7, 11) is 0. The first-order chi connectivity index (χ1) is 10.2. The fourth-order valence-electron chi connectivity index (χ4n) is 2.64. The molecule has 5 heteroatoms. The number of aromatic nitrogens is 1. The van der Waals surface area contributed by atoms with Crippen LogP contribution in [0.1, 0.15) is 15.9 Å². The Labute approximate surface area is 125 Å². The van der Waals surface area contributed by atoms with Crippen LogP contribution in [0.15, 0.2) is 53.8 Å². The van der Waals surface area contributed by atoms with E-state index >= 15 is 0 Å². The molecule has 0 radical (unpaired) electrons. The molecule has 0 aliphatic carbocycles. The van der Waals surface area contributed by atoms with Gasteiger partial charge in [0.15, 0.2) is 0 Å². The Morgan fingerprint density at radius 3 is 2.71 bits per heavy atom. The number of hydrogen-bond donors (Lipinski definition) is 1. The third kappa shape index (κ3) is 1.84. The average Bonchev–Trinajstić information content (AvgIpc) is 2.78.